The highest BCUT2D eigenvalue weighted by Crippen LogP contribution is 2.21. The molecule has 2 aliphatic rings. The third-order valence-electron chi connectivity index (χ3n) is 2.74. The molecule has 3 nitrogen and oxygen atoms in total. The fraction of sp³-hybridized carbons (Fsp3) is 0.778. The molecule has 2 saturated heterocycles. The topological polar surface area (TPSA) is 37.4 Å². The number of carbonyl (C=O) groups is 2. The Hall–Kier alpha value is -0.700. The number of Topliss-reactive ketones (excluding diaryl/α,β-unsaturated/α-hetero) is 2. The first kappa shape index (κ1) is 7.92. The van der Waals surface area contributed by atoms with Crippen LogP contribution in [0.2, 0.25) is 0 Å². The number of carbonyl (C=O) groups excluding carboxylic acids is 2. The van der Waals surface area contributed by atoms with Crippen molar-refractivity contribution < 1.29 is 9.59 Å². The lowest BCUT2D eigenvalue weighted by Gasteiger charge is -2.36. The van der Waals surface area contributed by atoms with Crippen LogP contribution in [0.1, 0.15) is 25.7 Å². The Labute approximate surface area is 71.7 Å². The molecule has 0 unspecified atom stereocenters. The van der Waals surface area contributed by atoms with Crippen LogP contribution in [-0.2, 0) is 9.59 Å². The first-order valence-electron chi connectivity index (χ1n) is 4.56. The van der Waals surface area contributed by atoms with E-state index in [1.165, 1.54) is 0 Å². The Bertz CT molecular complexity index is 225. The zero-order valence-electron chi connectivity index (χ0n) is 7.08. The fourth-order valence-corrected chi connectivity index (χ4v) is 2.14. The van der Waals surface area contributed by atoms with Crippen LogP contribution in [0.5, 0.6) is 0 Å². The summed E-state index contributed by atoms with van der Waals surface area (Å²) in [4.78, 5) is 24.5. The number of ketones is 2. The average molecular weight is 167 g/mol. The van der Waals surface area contributed by atoms with E-state index in [0.29, 0.717) is 6.54 Å². The summed E-state index contributed by atoms with van der Waals surface area (Å²) < 4.78 is 0. The molecule has 0 bridgehead atoms. The van der Waals surface area contributed by atoms with E-state index in [9.17, 15) is 9.59 Å². The van der Waals surface area contributed by atoms with E-state index >= 15 is 0 Å². The summed E-state index contributed by atoms with van der Waals surface area (Å²) in [5, 5.41) is 0. The molecule has 3 heteroatoms. The maximum absolute atomic E-state index is 11.4. The van der Waals surface area contributed by atoms with Gasteiger partial charge >= 0.3 is 0 Å². The molecule has 2 fully saturated rings. The van der Waals surface area contributed by atoms with Crippen LogP contribution in [0.25, 0.3) is 0 Å². The van der Waals surface area contributed by atoms with Crippen molar-refractivity contribution >= 4 is 11.6 Å². The minimum Gasteiger partial charge on any atom is -0.298 e. The van der Waals surface area contributed by atoms with Gasteiger partial charge in [0.25, 0.3) is 0 Å². The summed E-state index contributed by atoms with van der Waals surface area (Å²) in [5.74, 6) is 0.240. The van der Waals surface area contributed by atoms with Gasteiger partial charge in [-0.05, 0) is 19.4 Å². The molecule has 0 aromatic carbocycles. The Morgan fingerprint density at radius 1 is 1.25 bits per heavy atom. The van der Waals surface area contributed by atoms with Crippen LogP contribution in [0, 0.1) is 0 Å². The van der Waals surface area contributed by atoms with Crippen LogP contribution in [0.3, 0.4) is 0 Å². The molecule has 66 valence electrons. The maximum Gasteiger partial charge on any atom is 0.157 e. The minimum atomic E-state index is 0.0800. The predicted octanol–water partition coefficient (Wildman–Crippen LogP) is 0.383. The zero-order valence-corrected chi connectivity index (χ0v) is 7.08. The lowest BCUT2D eigenvalue weighted by Crippen LogP contribution is -2.51. The van der Waals surface area contributed by atoms with Gasteiger partial charge in [-0.3, -0.25) is 14.5 Å². The van der Waals surface area contributed by atoms with Gasteiger partial charge in [0.1, 0.15) is 0 Å². The smallest absolute Gasteiger partial charge is 0.157 e. The van der Waals surface area contributed by atoms with E-state index in [-0.39, 0.29) is 24.0 Å². The Morgan fingerprint density at radius 2 is 2.08 bits per heavy atom. The highest BCUT2D eigenvalue weighted by Gasteiger charge is 2.34. The van der Waals surface area contributed by atoms with Crippen LogP contribution in [-0.4, -0.2) is 35.6 Å². The number of hydrogen-bond donors (Lipinski definition) is 0. The highest BCUT2D eigenvalue weighted by molar-refractivity contribution is 6.04. The lowest BCUT2D eigenvalue weighted by molar-refractivity contribution is -0.137. The van der Waals surface area contributed by atoms with Crippen molar-refractivity contribution in [2.24, 2.45) is 0 Å². The first-order chi connectivity index (χ1) is 5.77. The number of piperidine rings is 2. The van der Waals surface area contributed by atoms with Gasteiger partial charge in [-0.2, -0.15) is 0 Å². The van der Waals surface area contributed by atoms with E-state index < -0.39 is 0 Å². The molecule has 12 heavy (non-hydrogen) atoms. The molecule has 0 spiro atoms. The summed E-state index contributed by atoms with van der Waals surface area (Å²) in [7, 11) is 0. The van der Waals surface area contributed by atoms with Gasteiger partial charge in [0.2, 0.25) is 0 Å². The molecule has 0 aliphatic carbocycles. The van der Waals surface area contributed by atoms with Gasteiger partial charge in [-0.15, -0.1) is 0 Å². The van der Waals surface area contributed by atoms with Gasteiger partial charge in [-0.25, -0.2) is 0 Å². The van der Waals surface area contributed by atoms with Crippen LogP contribution < -0.4 is 0 Å². The quantitative estimate of drug-likeness (QED) is 0.489. The van der Waals surface area contributed by atoms with Crippen LogP contribution in [0.15, 0.2) is 0 Å². The molecule has 0 radical (unpaired) electrons. The molecular formula is C9H13NO2. The number of rotatable bonds is 0. The molecule has 0 N–H and O–H groups in total. The summed E-state index contributed by atoms with van der Waals surface area (Å²) in [6.45, 7) is 1.44. The standard InChI is InChI=1S/C9H13NO2/c11-7-5-9(12)8-3-1-2-4-10(8)6-7/h8H,1-6H2/t8-/m1/s1. The number of hydrogen-bond acceptors (Lipinski definition) is 3. The molecule has 2 aliphatic heterocycles. The van der Waals surface area contributed by atoms with Crippen molar-refractivity contribution in [2.45, 2.75) is 31.7 Å². The van der Waals surface area contributed by atoms with Gasteiger partial charge < -0.3 is 0 Å². The van der Waals surface area contributed by atoms with E-state index in [1.807, 2.05) is 4.90 Å². The molecular weight excluding hydrogens is 154 g/mol. The molecule has 2 heterocycles. The second kappa shape index (κ2) is 2.98. The summed E-state index contributed by atoms with van der Waals surface area (Å²) in [6.07, 6.45) is 3.42. The van der Waals surface area contributed by atoms with Crippen molar-refractivity contribution in [1.82, 2.24) is 4.90 Å². The monoisotopic (exact) mass is 167 g/mol. The molecule has 0 aromatic heterocycles. The molecule has 0 amide bonds. The molecule has 0 aromatic rings. The Morgan fingerprint density at radius 3 is 2.92 bits per heavy atom. The third kappa shape index (κ3) is 1.29. The fourth-order valence-electron chi connectivity index (χ4n) is 2.14. The first-order valence-corrected chi connectivity index (χ1v) is 4.56. The molecule has 0 saturated carbocycles. The normalized spacial score (nSPS) is 31.8. The highest BCUT2D eigenvalue weighted by atomic mass is 16.2. The largest absolute Gasteiger partial charge is 0.298 e. The van der Waals surface area contributed by atoms with Gasteiger partial charge in [0.15, 0.2) is 11.6 Å². The van der Waals surface area contributed by atoms with E-state index in [1.54, 1.807) is 0 Å². The van der Waals surface area contributed by atoms with Crippen LogP contribution >= 0.6 is 0 Å². The average Bonchev–Trinajstić information content (AvgIpc) is 2.04. The zero-order chi connectivity index (χ0) is 8.55. The summed E-state index contributed by atoms with van der Waals surface area (Å²) >= 11 is 0. The molecule has 2 rings (SSSR count). The van der Waals surface area contributed by atoms with E-state index in [2.05, 4.69) is 0 Å². The van der Waals surface area contributed by atoms with E-state index in [4.69, 9.17) is 0 Å². The predicted molar refractivity (Wildman–Crippen MR) is 43.8 cm³/mol. The lowest BCUT2D eigenvalue weighted by atomic mass is 9.92. The van der Waals surface area contributed by atoms with Crippen molar-refractivity contribution in [2.75, 3.05) is 13.1 Å². The Kier molecular flexibility index (Phi) is 1.97. The number of fused-ring (bicyclic) bond motifs is 1. The SMILES string of the molecule is O=C1CC(=O)[C@H]2CCCCN2C1. The van der Waals surface area contributed by atoms with Crippen molar-refractivity contribution in [1.29, 1.82) is 0 Å². The van der Waals surface area contributed by atoms with E-state index in [0.717, 1.165) is 25.8 Å². The van der Waals surface area contributed by atoms with Gasteiger partial charge in [-0.1, -0.05) is 6.42 Å². The molecule has 1 atom stereocenters. The van der Waals surface area contributed by atoms with Gasteiger partial charge in [0, 0.05) is 0 Å². The Balaban J connectivity index is 2.11. The summed E-state index contributed by atoms with van der Waals surface area (Å²) in [5.41, 5.74) is 0. The maximum atomic E-state index is 11.4. The van der Waals surface area contributed by atoms with Crippen molar-refractivity contribution in [3.05, 3.63) is 0 Å². The van der Waals surface area contributed by atoms with Crippen molar-refractivity contribution in [3.63, 3.8) is 0 Å². The number of nitrogens with zero attached hydrogens (tertiary/aromatic N) is 1. The van der Waals surface area contributed by atoms with Crippen LogP contribution in [0.4, 0.5) is 0 Å². The summed E-state index contributed by atoms with van der Waals surface area (Å²) in [6, 6.07) is 0.0800. The minimum absolute atomic E-state index is 0.0800. The third-order valence-corrected chi connectivity index (χ3v) is 2.74. The van der Waals surface area contributed by atoms with Crippen molar-refractivity contribution in [3.8, 4) is 0 Å². The second-order valence-electron chi connectivity index (χ2n) is 3.66. The van der Waals surface area contributed by atoms with Gasteiger partial charge in [0.05, 0.1) is 19.0 Å². The second-order valence-corrected chi connectivity index (χ2v) is 3.66.